The molecule has 0 fully saturated rings. The number of rotatable bonds is 7. The highest BCUT2D eigenvalue weighted by Crippen LogP contribution is 2.42. The molecule has 0 saturated carbocycles. The molecule has 0 bridgehead atoms. The van der Waals surface area contributed by atoms with E-state index in [2.05, 4.69) is 23.9 Å². The average molecular weight is 527 g/mol. The molecular formula is C28H31ClN2O4S. The fourth-order valence-corrected chi connectivity index (χ4v) is 6.31. The van der Waals surface area contributed by atoms with E-state index in [9.17, 15) is 13.2 Å². The molecule has 0 aromatic heterocycles. The Hall–Kier alpha value is -3.03. The second-order valence-electron chi connectivity index (χ2n) is 9.33. The summed E-state index contributed by atoms with van der Waals surface area (Å²) >= 11 is 6.28. The Morgan fingerprint density at radius 2 is 1.78 bits per heavy atom. The Bertz CT molecular complexity index is 1400. The Balaban J connectivity index is 1.62. The molecule has 1 aliphatic heterocycles. The van der Waals surface area contributed by atoms with Crippen LogP contribution >= 0.6 is 11.6 Å². The van der Waals surface area contributed by atoms with Gasteiger partial charge in [-0.15, -0.1) is 0 Å². The lowest BCUT2D eigenvalue weighted by molar-refractivity contribution is 0.0227. The zero-order valence-electron chi connectivity index (χ0n) is 20.9. The van der Waals surface area contributed by atoms with E-state index in [1.54, 1.807) is 6.07 Å². The number of benzene rings is 3. The van der Waals surface area contributed by atoms with E-state index in [1.807, 2.05) is 50.2 Å². The van der Waals surface area contributed by atoms with Crippen LogP contribution in [-0.2, 0) is 10.0 Å². The van der Waals surface area contributed by atoms with Crippen LogP contribution in [-0.4, -0.2) is 19.9 Å². The Kier molecular flexibility index (Phi) is 7.34. The standard InChI is InChI=1S/C28H31ClN2O4S/c1-5-28(6-2)17-24(21-9-7-8-10-25(21)35-28)30-27(32)20-12-13-22(29)26(16-20)36(33,34)31-23-14-11-18(3)15-19(23)4/h7-16,24,31H,5-6,17H2,1-4H3,(H,30,32)/t24-/m1/s1. The number of amides is 1. The molecule has 190 valence electrons. The van der Waals surface area contributed by atoms with Crippen LogP contribution < -0.4 is 14.8 Å². The van der Waals surface area contributed by atoms with E-state index in [4.69, 9.17) is 16.3 Å². The molecule has 4 rings (SSSR count). The van der Waals surface area contributed by atoms with Crippen molar-refractivity contribution in [2.24, 2.45) is 0 Å². The summed E-state index contributed by atoms with van der Waals surface area (Å²) in [6, 6.07) is 17.1. The van der Waals surface area contributed by atoms with Crippen LogP contribution in [0.3, 0.4) is 0 Å². The summed E-state index contributed by atoms with van der Waals surface area (Å²) in [5.41, 5.74) is 3.01. The van der Waals surface area contributed by atoms with Crippen molar-refractivity contribution in [3.63, 3.8) is 0 Å². The SMILES string of the molecule is CCC1(CC)C[C@@H](NC(=O)c2ccc(Cl)c(S(=O)(=O)Nc3ccc(C)cc3C)c2)c2ccccc2O1. The lowest BCUT2D eigenvalue weighted by Gasteiger charge is -2.41. The summed E-state index contributed by atoms with van der Waals surface area (Å²) in [6.07, 6.45) is 2.23. The quantitative estimate of drug-likeness (QED) is 0.364. The summed E-state index contributed by atoms with van der Waals surface area (Å²) in [7, 11) is -4.03. The van der Waals surface area contributed by atoms with E-state index in [0.717, 1.165) is 35.3 Å². The van der Waals surface area contributed by atoms with Gasteiger partial charge in [-0.3, -0.25) is 9.52 Å². The molecule has 0 unspecified atom stereocenters. The molecule has 1 amide bonds. The summed E-state index contributed by atoms with van der Waals surface area (Å²) in [4.78, 5) is 13.2. The molecular weight excluding hydrogens is 496 g/mol. The van der Waals surface area contributed by atoms with Crippen molar-refractivity contribution in [1.29, 1.82) is 0 Å². The first-order chi connectivity index (χ1) is 17.1. The van der Waals surface area contributed by atoms with Crippen LogP contribution in [0.4, 0.5) is 5.69 Å². The van der Waals surface area contributed by atoms with Crippen LogP contribution in [0, 0.1) is 13.8 Å². The van der Waals surface area contributed by atoms with E-state index in [-0.39, 0.29) is 33.0 Å². The second-order valence-corrected chi connectivity index (χ2v) is 11.4. The second kappa shape index (κ2) is 10.1. The number of aryl methyl sites for hydroxylation is 2. The number of hydrogen-bond acceptors (Lipinski definition) is 4. The van der Waals surface area contributed by atoms with Gasteiger partial charge in [-0.25, -0.2) is 8.42 Å². The first-order valence-corrected chi connectivity index (χ1v) is 13.9. The Morgan fingerprint density at radius 3 is 2.47 bits per heavy atom. The van der Waals surface area contributed by atoms with Crippen molar-refractivity contribution in [1.82, 2.24) is 5.32 Å². The minimum absolute atomic E-state index is 0.0382. The number of sulfonamides is 1. The predicted octanol–water partition coefficient (Wildman–Crippen LogP) is 6.57. The fraction of sp³-hybridized carbons (Fsp3) is 0.321. The highest BCUT2D eigenvalue weighted by molar-refractivity contribution is 7.92. The van der Waals surface area contributed by atoms with Crippen molar-refractivity contribution < 1.29 is 17.9 Å². The summed E-state index contributed by atoms with van der Waals surface area (Å²) < 4.78 is 35.3. The first kappa shape index (κ1) is 26.0. The maximum Gasteiger partial charge on any atom is 0.263 e. The van der Waals surface area contributed by atoms with Gasteiger partial charge in [-0.2, -0.15) is 0 Å². The van der Waals surface area contributed by atoms with Crippen molar-refractivity contribution >= 4 is 33.2 Å². The lowest BCUT2D eigenvalue weighted by Crippen LogP contribution is -2.44. The van der Waals surface area contributed by atoms with Crippen LogP contribution in [0.25, 0.3) is 0 Å². The molecule has 1 atom stereocenters. The highest BCUT2D eigenvalue weighted by Gasteiger charge is 2.39. The van der Waals surface area contributed by atoms with Gasteiger partial charge >= 0.3 is 0 Å². The van der Waals surface area contributed by atoms with Gasteiger partial charge in [-0.05, 0) is 62.6 Å². The zero-order chi connectivity index (χ0) is 26.1. The van der Waals surface area contributed by atoms with Crippen molar-refractivity contribution in [2.75, 3.05) is 4.72 Å². The van der Waals surface area contributed by atoms with Gasteiger partial charge in [0.05, 0.1) is 16.8 Å². The third-order valence-electron chi connectivity index (χ3n) is 6.90. The molecule has 3 aromatic rings. The minimum Gasteiger partial charge on any atom is -0.487 e. The molecule has 8 heteroatoms. The molecule has 6 nitrogen and oxygen atoms in total. The van der Waals surface area contributed by atoms with Gasteiger partial charge in [0.2, 0.25) is 0 Å². The van der Waals surface area contributed by atoms with Crippen LogP contribution in [0.2, 0.25) is 5.02 Å². The van der Waals surface area contributed by atoms with Gasteiger partial charge in [0.25, 0.3) is 15.9 Å². The number of nitrogens with one attached hydrogen (secondary N) is 2. The molecule has 0 aliphatic carbocycles. The van der Waals surface area contributed by atoms with Crippen LogP contribution in [0.5, 0.6) is 5.75 Å². The monoisotopic (exact) mass is 526 g/mol. The van der Waals surface area contributed by atoms with Crippen molar-refractivity contribution in [3.8, 4) is 5.75 Å². The van der Waals surface area contributed by atoms with Gasteiger partial charge in [0.1, 0.15) is 16.2 Å². The molecule has 0 saturated heterocycles. The number of carbonyl (C=O) groups excluding carboxylic acids is 1. The van der Waals surface area contributed by atoms with Gasteiger partial charge < -0.3 is 10.1 Å². The van der Waals surface area contributed by atoms with Crippen LogP contribution in [0.1, 0.15) is 66.2 Å². The van der Waals surface area contributed by atoms with Crippen LogP contribution in [0.15, 0.2) is 65.6 Å². The average Bonchev–Trinajstić information content (AvgIpc) is 2.85. The smallest absolute Gasteiger partial charge is 0.263 e. The molecule has 1 heterocycles. The molecule has 36 heavy (non-hydrogen) atoms. The molecule has 0 radical (unpaired) electrons. The highest BCUT2D eigenvalue weighted by atomic mass is 35.5. The Labute approximate surface area is 218 Å². The van der Waals surface area contributed by atoms with Gasteiger partial charge in [-0.1, -0.05) is 61.3 Å². The number of carbonyl (C=O) groups is 1. The summed E-state index contributed by atoms with van der Waals surface area (Å²) in [5, 5.41) is 3.14. The van der Waals surface area contributed by atoms with Crippen molar-refractivity contribution in [3.05, 3.63) is 87.9 Å². The molecule has 3 aromatic carbocycles. The summed E-state index contributed by atoms with van der Waals surface area (Å²) in [5.74, 6) is 0.382. The normalized spacial score (nSPS) is 16.5. The lowest BCUT2D eigenvalue weighted by atomic mass is 9.83. The maximum atomic E-state index is 13.3. The topological polar surface area (TPSA) is 84.5 Å². The number of anilines is 1. The predicted molar refractivity (Wildman–Crippen MR) is 143 cm³/mol. The number of hydrogen-bond donors (Lipinski definition) is 2. The van der Waals surface area contributed by atoms with E-state index >= 15 is 0 Å². The largest absolute Gasteiger partial charge is 0.487 e. The minimum atomic E-state index is -4.03. The van der Waals surface area contributed by atoms with Gasteiger partial charge in [0.15, 0.2) is 0 Å². The molecule has 2 N–H and O–H groups in total. The summed E-state index contributed by atoms with van der Waals surface area (Å²) in [6.45, 7) is 7.92. The number of fused-ring (bicyclic) bond motifs is 1. The molecule has 0 spiro atoms. The van der Waals surface area contributed by atoms with Gasteiger partial charge in [0, 0.05) is 17.5 Å². The zero-order valence-corrected chi connectivity index (χ0v) is 22.5. The van der Waals surface area contributed by atoms with E-state index in [0.29, 0.717) is 12.1 Å². The molecule has 1 aliphatic rings. The number of ether oxygens (including phenoxy) is 1. The van der Waals surface area contributed by atoms with Crippen molar-refractivity contribution in [2.45, 2.75) is 63.5 Å². The fourth-order valence-electron chi connectivity index (χ4n) is 4.65. The third-order valence-corrected chi connectivity index (χ3v) is 8.75. The number of halogens is 1. The maximum absolute atomic E-state index is 13.3. The number of para-hydroxylation sites is 1. The van der Waals surface area contributed by atoms with E-state index < -0.39 is 10.0 Å². The Morgan fingerprint density at radius 1 is 1.06 bits per heavy atom. The van der Waals surface area contributed by atoms with E-state index in [1.165, 1.54) is 18.2 Å². The first-order valence-electron chi connectivity index (χ1n) is 12.1. The third kappa shape index (κ3) is 5.22.